The molecule has 0 bridgehead atoms. The first kappa shape index (κ1) is 10.3. The molecule has 5 heteroatoms. The van der Waals surface area contributed by atoms with Crippen molar-refractivity contribution in [1.82, 2.24) is 0 Å². The van der Waals surface area contributed by atoms with Crippen LogP contribution in [-0.4, -0.2) is 12.1 Å². The SMILES string of the molecule is CC1OC1=O.NNc1ccc(N)cc1. The molecular weight excluding hydrogens is 182 g/mol. The normalized spacial score (nSPS) is 17.6. The average molecular weight is 195 g/mol. The van der Waals surface area contributed by atoms with Crippen LogP contribution in [0.2, 0.25) is 0 Å². The Bertz CT molecular complexity index is 310. The highest BCUT2D eigenvalue weighted by Crippen LogP contribution is 2.08. The third-order valence-corrected chi connectivity index (χ3v) is 1.64. The number of nitrogens with one attached hydrogen (secondary N) is 1. The van der Waals surface area contributed by atoms with Crippen molar-refractivity contribution in [3.8, 4) is 0 Å². The zero-order valence-corrected chi connectivity index (χ0v) is 7.86. The molecule has 1 aromatic carbocycles. The highest BCUT2D eigenvalue weighted by atomic mass is 16.6. The molecule has 0 aromatic heterocycles. The number of epoxide rings is 1. The predicted octanol–water partition coefficient (Wildman–Crippen LogP) is 0.486. The molecule has 2 rings (SSSR count). The smallest absolute Gasteiger partial charge is 0.347 e. The largest absolute Gasteiger partial charge is 0.448 e. The molecule has 1 aliphatic heterocycles. The van der Waals surface area contributed by atoms with E-state index in [1.807, 2.05) is 12.1 Å². The van der Waals surface area contributed by atoms with E-state index in [1.54, 1.807) is 19.1 Å². The van der Waals surface area contributed by atoms with Crippen LogP contribution in [0.4, 0.5) is 11.4 Å². The minimum absolute atomic E-state index is 0.0787. The Morgan fingerprint density at radius 1 is 1.36 bits per heavy atom. The van der Waals surface area contributed by atoms with Crippen molar-refractivity contribution < 1.29 is 9.53 Å². The Morgan fingerprint density at radius 3 is 2.07 bits per heavy atom. The Hall–Kier alpha value is -1.75. The second kappa shape index (κ2) is 4.48. The van der Waals surface area contributed by atoms with Gasteiger partial charge in [-0.1, -0.05) is 0 Å². The van der Waals surface area contributed by atoms with Crippen molar-refractivity contribution in [3.63, 3.8) is 0 Å². The molecule has 0 spiro atoms. The van der Waals surface area contributed by atoms with Crippen molar-refractivity contribution in [2.24, 2.45) is 5.84 Å². The summed E-state index contributed by atoms with van der Waals surface area (Å²) >= 11 is 0. The fourth-order valence-electron chi connectivity index (χ4n) is 0.720. The Labute approximate surface area is 82.0 Å². The van der Waals surface area contributed by atoms with E-state index in [4.69, 9.17) is 11.6 Å². The third kappa shape index (κ3) is 3.32. The second-order valence-corrected chi connectivity index (χ2v) is 2.85. The number of rotatable bonds is 1. The van der Waals surface area contributed by atoms with Gasteiger partial charge in [-0.3, -0.25) is 5.84 Å². The molecule has 1 saturated heterocycles. The quantitative estimate of drug-likeness (QED) is 0.262. The predicted molar refractivity (Wildman–Crippen MR) is 54.2 cm³/mol. The maximum Gasteiger partial charge on any atom is 0.347 e. The summed E-state index contributed by atoms with van der Waals surface area (Å²) in [6, 6.07) is 7.20. The van der Waals surface area contributed by atoms with Crippen LogP contribution in [0.3, 0.4) is 0 Å². The van der Waals surface area contributed by atoms with Crippen molar-refractivity contribution >= 4 is 17.3 Å². The molecule has 1 heterocycles. The number of carbonyl (C=O) groups is 1. The molecule has 0 aliphatic carbocycles. The molecule has 1 fully saturated rings. The summed E-state index contributed by atoms with van der Waals surface area (Å²) < 4.78 is 4.28. The zero-order chi connectivity index (χ0) is 10.6. The van der Waals surface area contributed by atoms with Gasteiger partial charge in [-0.15, -0.1) is 0 Å². The number of nitrogen functional groups attached to an aromatic ring is 2. The fraction of sp³-hybridized carbons (Fsp3) is 0.222. The number of hydrogen-bond acceptors (Lipinski definition) is 5. The summed E-state index contributed by atoms with van der Waals surface area (Å²) in [6.07, 6.45) is -0.0880. The number of carbonyl (C=O) groups excluding carboxylic acids is 1. The number of hydrogen-bond donors (Lipinski definition) is 3. The molecule has 1 aromatic rings. The van der Waals surface area contributed by atoms with Gasteiger partial charge in [0.05, 0.1) is 0 Å². The monoisotopic (exact) mass is 195 g/mol. The molecule has 5 N–H and O–H groups in total. The third-order valence-electron chi connectivity index (χ3n) is 1.64. The van der Waals surface area contributed by atoms with E-state index in [0.717, 1.165) is 11.4 Å². The van der Waals surface area contributed by atoms with Crippen molar-refractivity contribution in [3.05, 3.63) is 24.3 Å². The van der Waals surface area contributed by atoms with Gasteiger partial charge < -0.3 is 15.9 Å². The van der Waals surface area contributed by atoms with Crippen LogP contribution in [0.15, 0.2) is 24.3 Å². The van der Waals surface area contributed by atoms with Crippen LogP contribution in [0, 0.1) is 0 Å². The van der Waals surface area contributed by atoms with Gasteiger partial charge in [-0.05, 0) is 31.2 Å². The van der Waals surface area contributed by atoms with Crippen molar-refractivity contribution in [2.45, 2.75) is 13.0 Å². The Morgan fingerprint density at radius 2 is 1.79 bits per heavy atom. The number of benzene rings is 1. The van der Waals surface area contributed by atoms with Gasteiger partial charge in [-0.2, -0.15) is 0 Å². The molecular formula is C9H13N3O2. The van der Waals surface area contributed by atoms with Gasteiger partial charge in [0.15, 0.2) is 6.10 Å². The zero-order valence-electron chi connectivity index (χ0n) is 7.86. The van der Waals surface area contributed by atoms with Gasteiger partial charge in [0, 0.05) is 11.4 Å². The lowest BCUT2D eigenvalue weighted by Crippen LogP contribution is -2.06. The summed E-state index contributed by atoms with van der Waals surface area (Å²) in [5, 5.41) is 0. The maximum absolute atomic E-state index is 9.66. The van der Waals surface area contributed by atoms with Crippen LogP contribution in [0.1, 0.15) is 6.92 Å². The second-order valence-electron chi connectivity index (χ2n) is 2.85. The first-order valence-corrected chi connectivity index (χ1v) is 4.16. The van der Waals surface area contributed by atoms with E-state index >= 15 is 0 Å². The van der Waals surface area contributed by atoms with Gasteiger partial charge >= 0.3 is 5.97 Å². The molecule has 14 heavy (non-hydrogen) atoms. The topological polar surface area (TPSA) is 93.7 Å². The molecule has 1 unspecified atom stereocenters. The standard InChI is InChI=1S/C6H9N3.C3H4O2/c7-5-1-3-6(9-8)4-2-5;1-2-3(4)5-2/h1-4,9H,7-8H2;2H,1H3. The van der Waals surface area contributed by atoms with Gasteiger partial charge in [-0.25, -0.2) is 4.79 Å². The lowest BCUT2D eigenvalue weighted by Gasteiger charge is -1.97. The van der Waals surface area contributed by atoms with E-state index in [1.165, 1.54) is 0 Å². The van der Waals surface area contributed by atoms with E-state index in [9.17, 15) is 4.79 Å². The van der Waals surface area contributed by atoms with Crippen molar-refractivity contribution in [1.29, 1.82) is 0 Å². The number of hydrazine groups is 1. The number of ether oxygens (including phenoxy) is 1. The molecule has 0 saturated carbocycles. The summed E-state index contributed by atoms with van der Waals surface area (Å²) in [5.41, 5.74) is 9.52. The molecule has 5 nitrogen and oxygen atoms in total. The number of cyclic esters (lactones) is 1. The maximum atomic E-state index is 9.66. The van der Waals surface area contributed by atoms with Crippen LogP contribution in [0.25, 0.3) is 0 Å². The molecule has 1 atom stereocenters. The van der Waals surface area contributed by atoms with Crippen LogP contribution >= 0.6 is 0 Å². The summed E-state index contributed by atoms with van der Waals surface area (Å²) in [4.78, 5) is 9.66. The van der Waals surface area contributed by atoms with E-state index < -0.39 is 0 Å². The Balaban J connectivity index is 0.000000165. The number of nitrogens with two attached hydrogens (primary N) is 2. The minimum atomic E-state index is -0.0880. The van der Waals surface area contributed by atoms with Crippen molar-refractivity contribution in [2.75, 3.05) is 11.2 Å². The fourth-order valence-corrected chi connectivity index (χ4v) is 0.720. The Kier molecular flexibility index (Phi) is 3.30. The van der Waals surface area contributed by atoms with Crippen LogP contribution in [0.5, 0.6) is 0 Å². The van der Waals surface area contributed by atoms with Gasteiger partial charge in [0.25, 0.3) is 0 Å². The molecule has 0 amide bonds. The molecule has 76 valence electrons. The number of anilines is 2. The minimum Gasteiger partial charge on any atom is -0.448 e. The lowest BCUT2D eigenvalue weighted by atomic mass is 10.3. The highest BCUT2D eigenvalue weighted by molar-refractivity contribution is 5.86. The van der Waals surface area contributed by atoms with Gasteiger partial charge in [0.2, 0.25) is 0 Å². The molecule has 1 aliphatic rings. The van der Waals surface area contributed by atoms with Crippen LogP contribution in [-0.2, 0) is 9.53 Å². The summed E-state index contributed by atoms with van der Waals surface area (Å²) in [7, 11) is 0. The lowest BCUT2D eigenvalue weighted by molar-refractivity contribution is -0.117. The first-order chi connectivity index (χ1) is 6.63. The van der Waals surface area contributed by atoms with Gasteiger partial charge in [0.1, 0.15) is 0 Å². The average Bonchev–Trinajstić information content (AvgIpc) is 2.82. The van der Waals surface area contributed by atoms with E-state index in [2.05, 4.69) is 10.2 Å². The first-order valence-electron chi connectivity index (χ1n) is 4.16. The van der Waals surface area contributed by atoms with E-state index in [0.29, 0.717) is 0 Å². The summed E-state index contributed by atoms with van der Waals surface area (Å²) in [5.74, 6) is 5.03. The summed E-state index contributed by atoms with van der Waals surface area (Å²) in [6.45, 7) is 1.72. The van der Waals surface area contributed by atoms with E-state index in [-0.39, 0.29) is 12.1 Å². The van der Waals surface area contributed by atoms with Crippen LogP contribution < -0.4 is 17.0 Å². The molecule has 0 radical (unpaired) electrons. The highest BCUT2D eigenvalue weighted by Gasteiger charge is 2.31.